The zero-order valence-electron chi connectivity index (χ0n) is 25.0. The highest BCUT2D eigenvalue weighted by atomic mass is 32.1. The molecule has 1 N–H and O–H groups in total. The maximum absolute atomic E-state index is 13.8. The summed E-state index contributed by atoms with van der Waals surface area (Å²) in [7, 11) is 0. The average Bonchev–Trinajstić information content (AvgIpc) is 3.74. The number of likely N-dealkylation sites (tertiary alicyclic amines) is 2. The molecule has 4 aliphatic heterocycles. The summed E-state index contributed by atoms with van der Waals surface area (Å²) in [6.07, 6.45) is 8.44. The minimum atomic E-state index is -0.208. The van der Waals surface area contributed by atoms with Gasteiger partial charge in [0.05, 0.1) is 13.2 Å². The van der Waals surface area contributed by atoms with Crippen molar-refractivity contribution >= 4 is 29.1 Å². The molecule has 0 aromatic carbocycles. The fourth-order valence-corrected chi connectivity index (χ4v) is 8.05. The smallest absolute Gasteiger partial charge is 0.270 e. The van der Waals surface area contributed by atoms with Gasteiger partial charge in [-0.1, -0.05) is 6.07 Å². The summed E-state index contributed by atoms with van der Waals surface area (Å²) in [4.78, 5) is 55.3. The number of hydrogen-bond acceptors (Lipinski definition) is 8. The highest BCUT2D eigenvalue weighted by Crippen LogP contribution is 2.34. The number of nitrogens with zero attached hydrogens (tertiary/aromatic N) is 5. The van der Waals surface area contributed by atoms with Crippen molar-refractivity contribution in [3.8, 4) is 5.88 Å². The molecular formula is C32H44N6O4S. The monoisotopic (exact) mass is 608 g/mol. The Kier molecular flexibility index (Phi) is 9.88. The van der Waals surface area contributed by atoms with Crippen LogP contribution in [0.1, 0.15) is 66.9 Å². The molecular weight excluding hydrogens is 564 g/mol. The van der Waals surface area contributed by atoms with E-state index in [4.69, 9.17) is 4.74 Å². The van der Waals surface area contributed by atoms with Crippen LogP contribution in [0.2, 0.25) is 0 Å². The Hall–Kier alpha value is -3.05. The SMILES string of the molecule is O=C1NCC[C@H]2CN(Cc3nccs3)CC[C@H]2CC(=O)N2CC[C@@H](CC(=O)N3CCCC3)[C@@H](CCOc3cccc1n3)C2. The van der Waals surface area contributed by atoms with E-state index in [0.717, 1.165) is 76.3 Å². The van der Waals surface area contributed by atoms with Crippen LogP contribution < -0.4 is 10.1 Å². The van der Waals surface area contributed by atoms with Gasteiger partial charge in [-0.2, -0.15) is 0 Å². The molecule has 4 bridgehead atoms. The number of rotatable bonds is 4. The third-order valence-electron chi connectivity index (χ3n) is 9.89. The number of hydrogen-bond donors (Lipinski definition) is 1. The molecule has 11 heteroatoms. The molecule has 232 valence electrons. The third kappa shape index (κ3) is 7.73. The van der Waals surface area contributed by atoms with Gasteiger partial charge in [0.25, 0.3) is 5.91 Å². The Morgan fingerprint density at radius 1 is 1.00 bits per heavy atom. The molecule has 0 spiro atoms. The predicted octanol–water partition coefficient (Wildman–Crippen LogP) is 3.45. The minimum absolute atomic E-state index is 0.183. The first-order valence-electron chi connectivity index (χ1n) is 16.1. The van der Waals surface area contributed by atoms with E-state index in [1.807, 2.05) is 16.5 Å². The van der Waals surface area contributed by atoms with Gasteiger partial charge < -0.3 is 19.9 Å². The normalized spacial score (nSPS) is 27.6. The lowest BCUT2D eigenvalue weighted by atomic mass is 9.79. The molecule has 0 radical (unpaired) electrons. The van der Waals surface area contributed by atoms with Gasteiger partial charge >= 0.3 is 0 Å². The summed E-state index contributed by atoms with van der Waals surface area (Å²) in [5.74, 6) is 1.67. The van der Waals surface area contributed by atoms with Crippen molar-refractivity contribution in [1.29, 1.82) is 0 Å². The second kappa shape index (κ2) is 14.2. The van der Waals surface area contributed by atoms with Crippen LogP contribution in [0.3, 0.4) is 0 Å². The van der Waals surface area contributed by atoms with Gasteiger partial charge in [0.15, 0.2) is 0 Å². The third-order valence-corrected chi connectivity index (χ3v) is 10.7. The Bertz CT molecular complexity index is 1250. The van der Waals surface area contributed by atoms with E-state index in [0.29, 0.717) is 56.6 Å². The fourth-order valence-electron chi connectivity index (χ4n) is 7.39. The topological polar surface area (TPSA) is 108 Å². The standard InChI is InChI=1S/C32H44N6O4S/c39-30(37-12-1-2-13-37)18-24-8-15-38-21-26(24)9-16-42-28-5-3-4-27(35-28)32(41)34-10-6-25-20-36(22-29-33-11-17-43-29)14-7-23(25)19-31(38)40/h3-5,11,17,23-26H,1-2,6-10,12-16,18-22H2,(H,34,41)/t23-,24-,25-,26-/m0/s1. The summed E-state index contributed by atoms with van der Waals surface area (Å²) in [6, 6.07) is 5.30. The molecule has 10 nitrogen and oxygen atoms in total. The molecule has 3 fully saturated rings. The van der Waals surface area contributed by atoms with Crippen LogP contribution in [-0.2, 0) is 16.1 Å². The zero-order valence-corrected chi connectivity index (χ0v) is 25.8. The van der Waals surface area contributed by atoms with Gasteiger partial charge in [-0.05, 0) is 74.8 Å². The molecule has 2 aromatic rings. The summed E-state index contributed by atoms with van der Waals surface area (Å²) in [6.45, 7) is 6.72. The molecule has 2 aromatic heterocycles. The van der Waals surface area contributed by atoms with Gasteiger partial charge in [-0.25, -0.2) is 9.97 Å². The van der Waals surface area contributed by atoms with E-state index in [2.05, 4.69) is 25.1 Å². The second-order valence-electron chi connectivity index (χ2n) is 12.7. The highest BCUT2D eigenvalue weighted by molar-refractivity contribution is 7.09. The molecule has 43 heavy (non-hydrogen) atoms. The van der Waals surface area contributed by atoms with E-state index < -0.39 is 0 Å². The van der Waals surface area contributed by atoms with Crippen molar-refractivity contribution in [2.45, 2.75) is 57.9 Å². The van der Waals surface area contributed by atoms with Crippen LogP contribution in [0.4, 0.5) is 0 Å². The van der Waals surface area contributed by atoms with Crippen LogP contribution >= 0.6 is 11.3 Å². The number of nitrogens with one attached hydrogen (secondary N) is 1. The summed E-state index contributed by atoms with van der Waals surface area (Å²) >= 11 is 1.68. The van der Waals surface area contributed by atoms with E-state index >= 15 is 0 Å². The van der Waals surface area contributed by atoms with E-state index in [1.54, 1.807) is 29.5 Å². The molecule has 0 saturated carbocycles. The average molecular weight is 609 g/mol. The van der Waals surface area contributed by atoms with Gasteiger partial charge in [0.2, 0.25) is 17.7 Å². The van der Waals surface area contributed by atoms with Crippen molar-refractivity contribution in [3.05, 3.63) is 40.5 Å². The number of piperidine rings is 2. The Labute approximate surface area is 258 Å². The Balaban J connectivity index is 1.18. The zero-order chi connectivity index (χ0) is 29.6. The number of aromatic nitrogens is 2. The van der Waals surface area contributed by atoms with Gasteiger partial charge in [-0.15, -0.1) is 11.3 Å². The van der Waals surface area contributed by atoms with E-state index in [-0.39, 0.29) is 35.5 Å². The largest absolute Gasteiger partial charge is 0.478 e. The van der Waals surface area contributed by atoms with Crippen molar-refractivity contribution < 1.29 is 19.1 Å². The first-order valence-corrected chi connectivity index (χ1v) is 16.9. The minimum Gasteiger partial charge on any atom is -0.478 e. The first kappa shape index (κ1) is 30.0. The van der Waals surface area contributed by atoms with Crippen molar-refractivity contribution in [3.63, 3.8) is 0 Å². The van der Waals surface area contributed by atoms with Crippen LogP contribution in [0, 0.1) is 23.7 Å². The lowest BCUT2D eigenvalue weighted by Crippen LogP contribution is -2.47. The Morgan fingerprint density at radius 2 is 1.88 bits per heavy atom. The van der Waals surface area contributed by atoms with Crippen LogP contribution in [0.25, 0.3) is 0 Å². The molecule has 6 heterocycles. The maximum atomic E-state index is 13.8. The first-order chi connectivity index (χ1) is 21.0. The van der Waals surface area contributed by atoms with E-state index in [9.17, 15) is 14.4 Å². The lowest BCUT2D eigenvalue weighted by molar-refractivity contribution is -0.137. The van der Waals surface area contributed by atoms with Crippen LogP contribution in [-0.4, -0.2) is 94.8 Å². The lowest BCUT2D eigenvalue weighted by Gasteiger charge is -2.41. The predicted molar refractivity (Wildman–Crippen MR) is 164 cm³/mol. The van der Waals surface area contributed by atoms with E-state index in [1.165, 1.54) is 0 Å². The number of carbonyl (C=O) groups is 3. The van der Waals surface area contributed by atoms with Crippen LogP contribution in [0.15, 0.2) is 29.8 Å². The number of fused-ring (bicyclic) bond motifs is 5. The quantitative estimate of drug-likeness (QED) is 0.567. The molecule has 0 aliphatic carbocycles. The molecule has 3 amide bonds. The van der Waals surface area contributed by atoms with Crippen LogP contribution in [0.5, 0.6) is 5.88 Å². The highest BCUT2D eigenvalue weighted by Gasteiger charge is 2.37. The molecule has 3 saturated heterocycles. The van der Waals surface area contributed by atoms with Crippen molar-refractivity contribution in [1.82, 2.24) is 30.0 Å². The maximum Gasteiger partial charge on any atom is 0.270 e. The molecule has 4 atom stereocenters. The summed E-state index contributed by atoms with van der Waals surface area (Å²) in [5, 5.41) is 6.18. The summed E-state index contributed by atoms with van der Waals surface area (Å²) in [5.41, 5.74) is 0.348. The number of thiazole rings is 1. The van der Waals surface area contributed by atoms with Crippen molar-refractivity contribution in [2.24, 2.45) is 23.7 Å². The summed E-state index contributed by atoms with van der Waals surface area (Å²) < 4.78 is 6.02. The number of pyridine rings is 1. The second-order valence-corrected chi connectivity index (χ2v) is 13.6. The number of ether oxygens (including phenoxy) is 1. The molecule has 0 unspecified atom stereocenters. The van der Waals surface area contributed by atoms with Gasteiger partial charge in [-0.3, -0.25) is 19.3 Å². The van der Waals surface area contributed by atoms with Crippen molar-refractivity contribution in [2.75, 3.05) is 52.4 Å². The fraction of sp³-hybridized carbons (Fsp3) is 0.656. The van der Waals surface area contributed by atoms with Gasteiger partial charge in [0.1, 0.15) is 10.7 Å². The number of carbonyl (C=O) groups excluding carboxylic acids is 3. The van der Waals surface area contributed by atoms with Gasteiger partial charge in [0, 0.05) is 69.8 Å². The molecule has 6 rings (SSSR count). The molecule has 4 aliphatic rings. The number of amides is 3. The Morgan fingerprint density at radius 3 is 2.72 bits per heavy atom.